The number of aromatic nitrogens is 2. The van der Waals surface area contributed by atoms with Gasteiger partial charge in [-0.2, -0.15) is 0 Å². The molecule has 0 aliphatic rings. The van der Waals surface area contributed by atoms with Gasteiger partial charge in [0.25, 0.3) is 11.5 Å². The van der Waals surface area contributed by atoms with Crippen molar-refractivity contribution < 1.29 is 14.3 Å². The van der Waals surface area contributed by atoms with Crippen LogP contribution in [0.5, 0.6) is 0 Å². The first kappa shape index (κ1) is 14.4. The predicted octanol–water partition coefficient (Wildman–Crippen LogP) is 1.12. The van der Waals surface area contributed by atoms with Gasteiger partial charge in [-0.05, 0) is 19.1 Å². The van der Waals surface area contributed by atoms with Gasteiger partial charge >= 0.3 is 5.97 Å². The summed E-state index contributed by atoms with van der Waals surface area (Å²) in [6, 6.07) is 7.38. The summed E-state index contributed by atoms with van der Waals surface area (Å²) >= 11 is 0. The van der Waals surface area contributed by atoms with E-state index in [0.717, 1.165) is 6.07 Å². The number of nitrogens with one attached hydrogen (secondary N) is 2. The van der Waals surface area contributed by atoms with E-state index in [4.69, 9.17) is 0 Å². The number of carbonyl (C=O) groups is 2. The standard InChI is InChI=1S/C14H13N3O4/c1-8-15-11(7-12(18)16-8)17-13(19)9-5-3-4-6-10(9)14(20)21-2/h3-7H,1-2H3,(H2,15,16,17,18,19). The Morgan fingerprint density at radius 2 is 1.90 bits per heavy atom. The maximum absolute atomic E-state index is 12.2. The molecule has 0 spiro atoms. The van der Waals surface area contributed by atoms with Crippen molar-refractivity contribution in [2.75, 3.05) is 12.4 Å². The van der Waals surface area contributed by atoms with Gasteiger partial charge in [-0.3, -0.25) is 9.59 Å². The number of nitrogens with zero attached hydrogens (tertiary/aromatic N) is 1. The molecule has 0 unspecified atom stereocenters. The van der Waals surface area contributed by atoms with Gasteiger partial charge in [0.05, 0.1) is 18.2 Å². The van der Waals surface area contributed by atoms with Crippen LogP contribution >= 0.6 is 0 Å². The molecule has 21 heavy (non-hydrogen) atoms. The first-order valence-corrected chi connectivity index (χ1v) is 6.08. The number of esters is 1. The highest BCUT2D eigenvalue weighted by molar-refractivity contribution is 6.10. The number of hydrogen-bond acceptors (Lipinski definition) is 5. The number of aryl methyl sites for hydroxylation is 1. The molecule has 1 amide bonds. The topological polar surface area (TPSA) is 101 Å². The van der Waals surface area contributed by atoms with Crippen molar-refractivity contribution in [3.05, 3.63) is 57.6 Å². The molecule has 1 aromatic carbocycles. The van der Waals surface area contributed by atoms with Gasteiger partial charge in [0.2, 0.25) is 0 Å². The van der Waals surface area contributed by atoms with Crippen LogP contribution in [0.4, 0.5) is 5.82 Å². The van der Waals surface area contributed by atoms with Crippen molar-refractivity contribution >= 4 is 17.7 Å². The first-order chi connectivity index (χ1) is 10.0. The average Bonchev–Trinajstić information content (AvgIpc) is 2.45. The minimum atomic E-state index is -0.615. The SMILES string of the molecule is COC(=O)c1ccccc1C(=O)Nc1cc(=O)[nH]c(C)n1. The van der Waals surface area contributed by atoms with Gasteiger partial charge in [-0.1, -0.05) is 12.1 Å². The van der Waals surface area contributed by atoms with Crippen LogP contribution < -0.4 is 10.9 Å². The Kier molecular flexibility index (Phi) is 4.13. The summed E-state index contributed by atoms with van der Waals surface area (Å²) < 4.78 is 4.63. The fourth-order valence-corrected chi connectivity index (χ4v) is 1.80. The molecule has 108 valence electrons. The smallest absolute Gasteiger partial charge is 0.338 e. The molecule has 0 bridgehead atoms. The number of rotatable bonds is 3. The molecule has 1 aromatic heterocycles. The molecule has 0 atom stereocenters. The van der Waals surface area contributed by atoms with E-state index in [1.807, 2.05) is 0 Å². The summed E-state index contributed by atoms with van der Waals surface area (Å²) in [6.07, 6.45) is 0. The van der Waals surface area contributed by atoms with Crippen molar-refractivity contribution in [2.45, 2.75) is 6.92 Å². The summed E-state index contributed by atoms with van der Waals surface area (Å²) in [7, 11) is 1.23. The first-order valence-electron chi connectivity index (χ1n) is 6.08. The molecule has 1 heterocycles. The summed E-state index contributed by atoms with van der Waals surface area (Å²) in [4.78, 5) is 41.6. The molecule has 0 aliphatic heterocycles. The minimum absolute atomic E-state index is 0.112. The van der Waals surface area contributed by atoms with Gasteiger partial charge in [0, 0.05) is 6.07 Å². The van der Waals surface area contributed by atoms with Crippen LogP contribution in [0.15, 0.2) is 35.1 Å². The molecule has 2 aromatic rings. The molecule has 0 saturated heterocycles. The molecule has 2 N–H and O–H groups in total. The predicted molar refractivity (Wildman–Crippen MR) is 75.3 cm³/mol. The molecule has 0 fully saturated rings. The summed E-state index contributed by atoms with van der Waals surface area (Å²) in [5, 5.41) is 2.48. The Bertz CT molecular complexity index is 752. The average molecular weight is 287 g/mol. The van der Waals surface area contributed by atoms with Crippen molar-refractivity contribution in [3.63, 3.8) is 0 Å². The van der Waals surface area contributed by atoms with Gasteiger partial charge in [0.1, 0.15) is 11.6 Å². The van der Waals surface area contributed by atoms with Crippen LogP contribution in [0, 0.1) is 6.92 Å². The maximum Gasteiger partial charge on any atom is 0.338 e. The highest BCUT2D eigenvalue weighted by Crippen LogP contribution is 2.12. The Hall–Kier alpha value is -2.96. The number of benzene rings is 1. The van der Waals surface area contributed by atoms with Crippen LogP contribution in [0.1, 0.15) is 26.5 Å². The van der Waals surface area contributed by atoms with E-state index in [2.05, 4.69) is 20.0 Å². The summed E-state index contributed by atoms with van der Waals surface area (Å²) in [6.45, 7) is 1.60. The number of aromatic amines is 1. The normalized spacial score (nSPS) is 10.0. The van der Waals surface area contributed by atoms with E-state index in [9.17, 15) is 14.4 Å². The second-order valence-corrected chi connectivity index (χ2v) is 4.21. The highest BCUT2D eigenvalue weighted by Gasteiger charge is 2.17. The minimum Gasteiger partial charge on any atom is -0.465 e. The van der Waals surface area contributed by atoms with Gasteiger partial charge in [-0.15, -0.1) is 0 Å². The Labute approximate surface area is 120 Å². The second kappa shape index (κ2) is 6.00. The Balaban J connectivity index is 2.33. The third-order valence-electron chi connectivity index (χ3n) is 2.68. The van der Waals surface area contributed by atoms with Crippen LogP contribution in [-0.4, -0.2) is 29.0 Å². The van der Waals surface area contributed by atoms with E-state index < -0.39 is 11.9 Å². The number of amides is 1. The van der Waals surface area contributed by atoms with Gasteiger partial charge in [-0.25, -0.2) is 9.78 Å². The highest BCUT2D eigenvalue weighted by atomic mass is 16.5. The molecule has 7 heteroatoms. The lowest BCUT2D eigenvalue weighted by atomic mass is 10.1. The zero-order valence-electron chi connectivity index (χ0n) is 11.5. The molecule has 7 nitrogen and oxygen atoms in total. The summed E-state index contributed by atoms with van der Waals surface area (Å²) in [5.41, 5.74) is -0.0952. The molecule has 0 aliphatic carbocycles. The van der Waals surface area contributed by atoms with Crippen LogP contribution in [0.25, 0.3) is 0 Å². The monoisotopic (exact) mass is 287 g/mol. The van der Waals surface area contributed by atoms with Crippen molar-refractivity contribution in [1.82, 2.24) is 9.97 Å². The number of ether oxygens (including phenoxy) is 1. The van der Waals surface area contributed by atoms with Crippen molar-refractivity contribution in [3.8, 4) is 0 Å². The van der Waals surface area contributed by atoms with Crippen LogP contribution in [0.3, 0.4) is 0 Å². The van der Waals surface area contributed by atoms with E-state index in [1.54, 1.807) is 19.1 Å². The van der Waals surface area contributed by atoms with Crippen LogP contribution in [-0.2, 0) is 4.74 Å². The zero-order valence-corrected chi connectivity index (χ0v) is 11.5. The third kappa shape index (κ3) is 3.33. The Morgan fingerprint density at radius 1 is 1.24 bits per heavy atom. The number of H-pyrrole nitrogens is 1. The fraction of sp³-hybridized carbons (Fsp3) is 0.143. The van der Waals surface area contributed by atoms with E-state index >= 15 is 0 Å². The molecule has 2 rings (SSSR count). The molecule has 0 radical (unpaired) electrons. The van der Waals surface area contributed by atoms with Crippen molar-refractivity contribution in [2.24, 2.45) is 0 Å². The lowest BCUT2D eigenvalue weighted by molar-refractivity contribution is 0.0597. The number of hydrogen-bond donors (Lipinski definition) is 2. The largest absolute Gasteiger partial charge is 0.465 e. The van der Waals surface area contributed by atoms with E-state index in [0.29, 0.717) is 5.82 Å². The van der Waals surface area contributed by atoms with Crippen LogP contribution in [0.2, 0.25) is 0 Å². The van der Waals surface area contributed by atoms with Gasteiger partial charge in [0.15, 0.2) is 0 Å². The number of methoxy groups -OCH3 is 1. The number of anilines is 1. The molecular formula is C14H13N3O4. The molecule has 0 saturated carbocycles. The van der Waals surface area contributed by atoms with Crippen molar-refractivity contribution in [1.29, 1.82) is 0 Å². The fourth-order valence-electron chi connectivity index (χ4n) is 1.80. The Morgan fingerprint density at radius 3 is 2.52 bits per heavy atom. The number of carbonyl (C=O) groups excluding carboxylic acids is 2. The molecular weight excluding hydrogens is 274 g/mol. The van der Waals surface area contributed by atoms with E-state index in [-0.39, 0.29) is 22.5 Å². The quantitative estimate of drug-likeness (QED) is 0.824. The van der Waals surface area contributed by atoms with E-state index in [1.165, 1.54) is 19.2 Å². The zero-order chi connectivity index (χ0) is 15.4. The summed E-state index contributed by atoms with van der Waals surface area (Å²) in [5.74, 6) is -0.677. The lowest BCUT2D eigenvalue weighted by Crippen LogP contribution is -2.20. The lowest BCUT2D eigenvalue weighted by Gasteiger charge is -2.08. The van der Waals surface area contributed by atoms with Gasteiger partial charge < -0.3 is 15.0 Å². The maximum atomic E-state index is 12.2. The third-order valence-corrected chi connectivity index (χ3v) is 2.68. The second-order valence-electron chi connectivity index (χ2n) is 4.21.